The molecule has 0 fully saturated rings. The molecule has 1 aromatic carbocycles. The zero-order chi connectivity index (χ0) is 26.8. The topological polar surface area (TPSA) is 138 Å². The Hall–Kier alpha value is -3.47. The Labute approximate surface area is 211 Å². The van der Waals surface area contributed by atoms with Gasteiger partial charge in [0.05, 0.1) is 26.1 Å². The molecule has 2 aromatic rings. The number of hydrogen-bond donors (Lipinski definition) is 1. The van der Waals surface area contributed by atoms with Gasteiger partial charge in [-0.2, -0.15) is 4.98 Å². The first kappa shape index (κ1) is 27.1. The minimum atomic E-state index is -1.26. The van der Waals surface area contributed by atoms with Gasteiger partial charge in [-0.25, -0.2) is 14.1 Å². The van der Waals surface area contributed by atoms with Crippen molar-refractivity contribution in [2.75, 3.05) is 20.1 Å². The molecule has 11 nitrogen and oxygen atoms in total. The highest BCUT2D eigenvalue weighted by Crippen LogP contribution is 2.45. The molecule has 1 unspecified atom stereocenters. The number of fused-ring (bicyclic) bond motifs is 1. The standard InChI is InChI=1S/C25H35N5O6/c1-8-29(24(33)34)19-13-15(2)30(7,16(3)31)20-10-9-17(14-18(19)20)22-27-21(28-36-22)11-12-26-23(32)35-25(4,5)6/h9-10,14-15,19H,8,11-13H2,1-7H3,(H-,26,32,33,34)/t15-,19+,30?/m0/s1. The highest BCUT2D eigenvalue weighted by atomic mass is 16.6. The predicted molar refractivity (Wildman–Crippen MR) is 131 cm³/mol. The number of carbonyl (C=O) groups excluding carboxylic acids is 3. The first-order valence-corrected chi connectivity index (χ1v) is 12.1. The van der Waals surface area contributed by atoms with Crippen LogP contribution in [0.3, 0.4) is 0 Å². The summed E-state index contributed by atoms with van der Waals surface area (Å²) in [5.74, 6) is 0.623. The van der Waals surface area contributed by atoms with Crippen LogP contribution in [0.5, 0.6) is 0 Å². The van der Waals surface area contributed by atoms with Crippen LogP contribution in [0.25, 0.3) is 11.5 Å². The Morgan fingerprint density at radius 2 is 2.00 bits per heavy atom. The molecule has 1 aliphatic heterocycles. The summed E-state index contributed by atoms with van der Waals surface area (Å²) < 4.78 is 10.7. The van der Waals surface area contributed by atoms with Crippen LogP contribution >= 0.6 is 0 Å². The van der Waals surface area contributed by atoms with Gasteiger partial charge < -0.3 is 29.4 Å². The first-order valence-electron chi connectivity index (χ1n) is 12.1. The number of quaternary nitrogens is 1. The van der Waals surface area contributed by atoms with Crippen LogP contribution in [-0.2, 0) is 16.0 Å². The molecule has 1 N–H and O–H groups in total. The van der Waals surface area contributed by atoms with Crippen molar-refractivity contribution in [3.63, 3.8) is 0 Å². The monoisotopic (exact) mass is 501 g/mol. The van der Waals surface area contributed by atoms with Gasteiger partial charge in [-0.05, 0) is 46.8 Å². The van der Waals surface area contributed by atoms with Crippen molar-refractivity contribution in [3.05, 3.63) is 29.6 Å². The Kier molecular flexibility index (Phi) is 7.73. The second-order valence-corrected chi connectivity index (χ2v) is 10.2. The van der Waals surface area contributed by atoms with Crippen LogP contribution in [0.1, 0.15) is 65.4 Å². The van der Waals surface area contributed by atoms with Gasteiger partial charge in [-0.3, -0.25) is 0 Å². The van der Waals surface area contributed by atoms with Gasteiger partial charge in [0.2, 0.25) is 0 Å². The fraction of sp³-hybridized carbons (Fsp3) is 0.560. The molecule has 11 heteroatoms. The Morgan fingerprint density at radius 1 is 1.31 bits per heavy atom. The van der Waals surface area contributed by atoms with E-state index in [1.54, 1.807) is 40.7 Å². The molecule has 0 aliphatic carbocycles. The van der Waals surface area contributed by atoms with E-state index in [0.717, 1.165) is 5.69 Å². The normalized spacial score (nSPS) is 21.4. The average molecular weight is 502 g/mol. The number of amides is 3. The van der Waals surface area contributed by atoms with E-state index in [2.05, 4.69) is 15.5 Å². The number of rotatable bonds is 6. The van der Waals surface area contributed by atoms with Gasteiger partial charge in [0.25, 0.3) is 5.89 Å². The van der Waals surface area contributed by atoms with Crippen molar-refractivity contribution in [3.8, 4) is 11.5 Å². The van der Waals surface area contributed by atoms with Gasteiger partial charge in [0.15, 0.2) is 5.82 Å². The summed E-state index contributed by atoms with van der Waals surface area (Å²) in [4.78, 5) is 42.1. The fourth-order valence-electron chi connectivity index (χ4n) is 4.59. The van der Waals surface area contributed by atoms with E-state index in [0.29, 0.717) is 29.8 Å². The predicted octanol–water partition coefficient (Wildman–Crippen LogP) is 2.79. The Bertz CT molecular complexity index is 1140. The number of carboxylic acid groups (broad SMARTS) is 1. The number of nitrogens with one attached hydrogen (secondary N) is 1. The minimum Gasteiger partial charge on any atom is -0.530 e. The van der Waals surface area contributed by atoms with Crippen molar-refractivity contribution < 1.29 is 28.8 Å². The number of benzene rings is 1. The molecular formula is C25H35N5O6. The van der Waals surface area contributed by atoms with Crippen molar-refractivity contribution >= 4 is 23.8 Å². The lowest BCUT2D eigenvalue weighted by Gasteiger charge is -2.46. The second-order valence-electron chi connectivity index (χ2n) is 10.2. The summed E-state index contributed by atoms with van der Waals surface area (Å²) in [7, 11) is 1.85. The van der Waals surface area contributed by atoms with Crippen LogP contribution in [-0.4, -0.2) is 64.9 Å². The summed E-state index contributed by atoms with van der Waals surface area (Å²) in [6.07, 6.45) is -0.995. The third-order valence-corrected chi connectivity index (χ3v) is 6.67. The third-order valence-electron chi connectivity index (χ3n) is 6.67. The Balaban J connectivity index is 1.88. The SMILES string of the molecule is CCN(C(=O)[O-])[C@@H]1C[C@H](C)[N+](C)(C(C)=O)c2ccc(-c3nc(CCNC(=O)OC(C)(C)C)no3)cc21. The molecule has 36 heavy (non-hydrogen) atoms. The van der Waals surface area contributed by atoms with Gasteiger partial charge >= 0.3 is 12.0 Å². The quantitative estimate of drug-likeness (QED) is 0.597. The molecule has 196 valence electrons. The molecule has 1 aromatic heterocycles. The fourth-order valence-corrected chi connectivity index (χ4v) is 4.59. The lowest BCUT2D eigenvalue weighted by Crippen LogP contribution is -2.60. The van der Waals surface area contributed by atoms with Crippen molar-refractivity contribution in [1.82, 2.24) is 24.8 Å². The van der Waals surface area contributed by atoms with E-state index in [1.165, 1.54) is 4.90 Å². The van der Waals surface area contributed by atoms with Crippen molar-refractivity contribution in [1.29, 1.82) is 0 Å². The van der Waals surface area contributed by atoms with Crippen LogP contribution in [0.15, 0.2) is 22.7 Å². The van der Waals surface area contributed by atoms with E-state index < -0.39 is 23.8 Å². The van der Waals surface area contributed by atoms with Gasteiger partial charge in [0, 0.05) is 43.1 Å². The summed E-state index contributed by atoms with van der Waals surface area (Å²) >= 11 is 0. The largest absolute Gasteiger partial charge is 0.530 e. The Morgan fingerprint density at radius 3 is 2.58 bits per heavy atom. The van der Waals surface area contributed by atoms with Crippen molar-refractivity contribution in [2.45, 2.75) is 72.1 Å². The molecule has 1 aliphatic rings. The lowest BCUT2D eigenvalue weighted by molar-refractivity contribution is -0.268. The third kappa shape index (κ3) is 5.51. The van der Waals surface area contributed by atoms with Gasteiger partial charge in [-0.1, -0.05) is 5.16 Å². The van der Waals surface area contributed by atoms with Crippen LogP contribution in [0.4, 0.5) is 15.3 Å². The number of ether oxygens (including phenoxy) is 1. The second kappa shape index (κ2) is 10.3. The van der Waals surface area contributed by atoms with Crippen LogP contribution in [0.2, 0.25) is 0 Å². The molecule has 3 rings (SSSR count). The van der Waals surface area contributed by atoms with E-state index in [-0.39, 0.29) is 35.4 Å². The lowest BCUT2D eigenvalue weighted by atomic mass is 9.87. The van der Waals surface area contributed by atoms with E-state index in [9.17, 15) is 19.5 Å². The molecule has 0 radical (unpaired) electrons. The molecular weight excluding hydrogens is 466 g/mol. The van der Waals surface area contributed by atoms with Crippen LogP contribution in [0, 0.1) is 0 Å². The molecule has 0 saturated heterocycles. The van der Waals surface area contributed by atoms with Crippen LogP contribution < -0.4 is 14.9 Å². The summed E-state index contributed by atoms with van der Waals surface area (Å²) in [6.45, 7) is 11.1. The molecule has 2 heterocycles. The molecule has 0 saturated carbocycles. The van der Waals surface area contributed by atoms with E-state index in [4.69, 9.17) is 9.26 Å². The number of nitrogens with zero attached hydrogens (tertiary/aromatic N) is 4. The first-order chi connectivity index (χ1) is 16.8. The zero-order valence-electron chi connectivity index (χ0n) is 22.0. The zero-order valence-corrected chi connectivity index (χ0v) is 22.0. The minimum absolute atomic E-state index is 0.0380. The molecule has 0 bridgehead atoms. The summed E-state index contributed by atoms with van der Waals surface area (Å²) in [5.41, 5.74) is 1.46. The number of alkyl carbamates (subject to hydrolysis) is 1. The van der Waals surface area contributed by atoms with E-state index >= 15 is 0 Å². The smallest absolute Gasteiger partial charge is 0.407 e. The molecule has 3 atom stereocenters. The number of aromatic nitrogens is 2. The van der Waals surface area contributed by atoms with Crippen molar-refractivity contribution in [2.24, 2.45) is 0 Å². The summed E-state index contributed by atoms with van der Waals surface area (Å²) in [5, 5.41) is 18.5. The van der Waals surface area contributed by atoms with Gasteiger partial charge in [-0.15, -0.1) is 0 Å². The molecule has 3 amide bonds. The maximum absolute atomic E-state index is 12.7. The number of hydrogen-bond acceptors (Lipinski definition) is 8. The van der Waals surface area contributed by atoms with Gasteiger partial charge in [0.1, 0.15) is 17.4 Å². The average Bonchev–Trinajstić information content (AvgIpc) is 3.24. The van der Waals surface area contributed by atoms with E-state index in [1.807, 2.05) is 26.1 Å². The molecule has 0 spiro atoms. The maximum atomic E-state index is 12.7. The highest BCUT2D eigenvalue weighted by molar-refractivity contribution is 5.89. The summed E-state index contributed by atoms with van der Waals surface area (Å²) in [6, 6.07) is 4.82. The highest BCUT2D eigenvalue weighted by Gasteiger charge is 2.47. The maximum Gasteiger partial charge on any atom is 0.407 e. The number of carbonyl (C=O) groups is 3.